The van der Waals surface area contributed by atoms with E-state index in [0.29, 0.717) is 18.7 Å². The summed E-state index contributed by atoms with van der Waals surface area (Å²) in [5.41, 5.74) is 6.06. The highest BCUT2D eigenvalue weighted by molar-refractivity contribution is 7.89. The Hall–Kier alpha value is -0.730. The molecule has 1 saturated heterocycles. The van der Waals surface area contributed by atoms with E-state index in [4.69, 9.17) is 29.6 Å². The molecule has 0 spiro atoms. The molecule has 116 valence electrons. The van der Waals surface area contributed by atoms with Crippen molar-refractivity contribution in [1.82, 2.24) is 9.21 Å². The number of halogens is 1. The van der Waals surface area contributed by atoms with Crippen LogP contribution in [0.3, 0.4) is 0 Å². The highest BCUT2D eigenvalue weighted by Gasteiger charge is 2.34. The van der Waals surface area contributed by atoms with Crippen LogP contribution in [0, 0.1) is 0 Å². The maximum atomic E-state index is 12.7. The molecule has 2 rings (SSSR count). The van der Waals surface area contributed by atoms with Crippen LogP contribution in [-0.2, 0) is 10.0 Å². The highest BCUT2D eigenvalue weighted by Crippen LogP contribution is 2.28. The first-order chi connectivity index (χ1) is 9.73. The first-order valence-corrected chi connectivity index (χ1v) is 8.72. The largest absolute Gasteiger partial charge is 0.389 e. The second-order valence-electron chi connectivity index (χ2n) is 5.28. The van der Waals surface area contributed by atoms with E-state index in [1.54, 1.807) is 6.07 Å². The number of nitrogens with two attached hydrogens (primary N) is 1. The minimum Gasteiger partial charge on any atom is -0.389 e. The first kappa shape index (κ1) is 16.6. The predicted octanol–water partition coefficient (Wildman–Crippen LogP) is 1.30. The Morgan fingerprint density at radius 1 is 1.48 bits per heavy atom. The minimum absolute atomic E-state index is 0.0638. The van der Waals surface area contributed by atoms with Crippen molar-refractivity contribution in [3.05, 3.63) is 28.8 Å². The molecule has 21 heavy (non-hydrogen) atoms. The molecule has 0 aromatic heterocycles. The Morgan fingerprint density at radius 2 is 2.14 bits per heavy atom. The molecule has 1 heterocycles. The quantitative estimate of drug-likeness (QED) is 0.831. The molecule has 1 aliphatic heterocycles. The Labute approximate surface area is 135 Å². The van der Waals surface area contributed by atoms with Crippen LogP contribution in [0.25, 0.3) is 0 Å². The number of sulfonamides is 1. The molecule has 0 aliphatic carbocycles. The predicted molar refractivity (Wildman–Crippen MR) is 88.2 cm³/mol. The number of benzene rings is 1. The standard InChI is InChI=1S/C13H18ClN3O2S2/c1-16(2)10-5-6-17(8-10)21(18,19)12-7-9(13(15)20)3-4-11(12)14/h3-4,7,10H,5-6,8H2,1-2H3,(H2,15,20). The van der Waals surface area contributed by atoms with Crippen molar-refractivity contribution in [2.75, 3.05) is 27.2 Å². The fraction of sp³-hybridized carbons (Fsp3) is 0.462. The Bertz CT molecular complexity index is 661. The summed E-state index contributed by atoms with van der Waals surface area (Å²) < 4.78 is 26.9. The molecule has 0 saturated carbocycles. The lowest BCUT2D eigenvalue weighted by molar-refractivity contribution is 0.302. The summed E-state index contributed by atoms with van der Waals surface area (Å²) in [5, 5.41) is 0.184. The van der Waals surface area contributed by atoms with Gasteiger partial charge in [-0.2, -0.15) is 4.31 Å². The summed E-state index contributed by atoms with van der Waals surface area (Å²) >= 11 is 11.0. The van der Waals surface area contributed by atoms with Crippen molar-refractivity contribution in [1.29, 1.82) is 0 Å². The van der Waals surface area contributed by atoms with Crippen LogP contribution in [0.15, 0.2) is 23.1 Å². The van der Waals surface area contributed by atoms with E-state index in [1.165, 1.54) is 16.4 Å². The van der Waals surface area contributed by atoms with E-state index >= 15 is 0 Å². The number of rotatable bonds is 4. The van der Waals surface area contributed by atoms with E-state index in [9.17, 15) is 8.42 Å². The van der Waals surface area contributed by atoms with E-state index in [2.05, 4.69) is 0 Å². The Morgan fingerprint density at radius 3 is 2.67 bits per heavy atom. The molecule has 1 aliphatic rings. The van der Waals surface area contributed by atoms with Gasteiger partial charge in [0.2, 0.25) is 10.0 Å². The van der Waals surface area contributed by atoms with Gasteiger partial charge in [0, 0.05) is 24.7 Å². The molecule has 1 atom stereocenters. The summed E-state index contributed by atoms with van der Waals surface area (Å²) in [4.78, 5) is 2.24. The molecular weight excluding hydrogens is 330 g/mol. The van der Waals surface area contributed by atoms with Crippen LogP contribution < -0.4 is 5.73 Å². The van der Waals surface area contributed by atoms with Crippen molar-refractivity contribution in [3.63, 3.8) is 0 Å². The maximum Gasteiger partial charge on any atom is 0.244 e. The molecule has 0 amide bonds. The number of thiocarbonyl (C=S) groups is 1. The fourth-order valence-electron chi connectivity index (χ4n) is 2.34. The van der Waals surface area contributed by atoms with Crippen LogP contribution in [0.1, 0.15) is 12.0 Å². The second kappa shape index (κ2) is 6.18. The van der Waals surface area contributed by atoms with Gasteiger partial charge in [-0.1, -0.05) is 29.9 Å². The third-order valence-corrected chi connectivity index (χ3v) is 6.27. The van der Waals surface area contributed by atoms with Gasteiger partial charge in [0.05, 0.1) is 5.02 Å². The summed E-state index contributed by atoms with van der Waals surface area (Å²) in [6.45, 7) is 0.946. The normalized spacial score (nSPS) is 20.1. The zero-order valence-corrected chi connectivity index (χ0v) is 14.3. The molecule has 1 unspecified atom stereocenters. The molecule has 0 radical (unpaired) electrons. The third-order valence-electron chi connectivity index (χ3n) is 3.69. The number of hydrogen-bond acceptors (Lipinski definition) is 4. The monoisotopic (exact) mass is 347 g/mol. The summed E-state index contributed by atoms with van der Waals surface area (Å²) in [5.74, 6) is 0. The lowest BCUT2D eigenvalue weighted by Gasteiger charge is -2.21. The zero-order valence-electron chi connectivity index (χ0n) is 11.9. The minimum atomic E-state index is -3.63. The van der Waals surface area contributed by atoms with Gasteiger partial charge in [-0.3, -0.25) is 0 Å². The van der Waals surface area contributed by atoms with Gasteiger partial charge < -0.3 is 10.6 Å². The van der Waals surface area contributed by atoms with Crippen molar-refractivity contribution in [3.8, 4) is 0 Å². The third kappa shape index (κ3) is 3.37. The zero-order chi connectivity index (χ0) is 15.8. The van der Waals surface area contributed by atoms with Gasteiger partial charge in [-0.15, -0.1) is 0 Å². The van der Waals surface area contributed by atoms with E-state index < -0.39 is 10.0 Å². The average molecular weight is 348 g/mol. The molecule has 2 N–H and O–H groups in total. The van der Waals surface area contributed by atoms with E-state index in [0.717, 1.165) is 6.42 Å². The number of hydrogen-bond donors (Lipinski definition) is 1. The highest BCUT2D eigenvalue weighted by atomic mass is 35.5. The molecule has 8 heteroatoms. The van der Waals surface area contributed by atoms with E-state index in [1.807, 2.05) is 19.0 Å². The summed E-state index contributed by atoms with van der Waals surface area (Å²) in [7, 11) is 0.259. The molecule has 1 aromatic carbocycles. The Kier molecular flexibility index (Phi) is 4.89. The summed E-state index contributed by atoms with van der Waals surface area (Å²) in [6.07, 6.45) is 0.804. The Balaban J connectivity index is 2.36. The summed E-state index contributed by atoms with van der Waals surface area (Å²) in [6, 6.07) is 4.80. The topological polar surface area (TPSA) is 66.6 Å². The molecule has 1 aromatic rings. The molecule has 1 fully saturated rings. The van der Waals surface area contributed by atoms with Crippen molar-refractivity contribution < 1.29 is 8.42 Å². The molecule has 0 bridgehead atoms. The van der Waals surface area contributed by atoms with Crippen LogP contribution >= 0.6 is 23.8 Å². The van der Waals surface area contributed by atoms with Crippen LogP contribution in [0.4, 0.5) is 0 Å². The van der Waals surface area contributed by atoms with Gasteiger partial charge in [0.1, 0.15) is 9.88 Å². The SMILES string of the molecule is CN(C)C1CCN(S(=O)(=O)c2cc(C(N)=S)ccc2Cl)C1. The lowest BCUT2D eigenvalue weighted by atomic mass is 10.2. The van der Waals surface area contributed by atoms with Gasteiger partial charge in [-0.25, -0.2) is 8.42 Å². The van der Waals surface area contributed by atoms with Crippen molar-refractivity contribution in [2.24, 2.45) is 5.73 Å². The lowest BCUT2D eigenvalue weighted by Crippen LogP contribution is -2.34. The van der Waals surface area contributed by atoms with Crippen molar-refractivity contribution in [2.45, 2.75) is 17.4 Å². The molecule has 5 nitrogen and oxygen atoms in total. The number of likely N-dealkylation sites (N-methyl/N-ethyl adjacent to an activating group) is 1. The maximum absolute atomic E-state index is 12.7. The van der Waals surface area contributed by atoms with Crippen LogP contribution in [0.2, 0.25) is 5.02 Å². The molecular formula is C13H18ClN3O2S2. The average Bonchev–Trinajstić information content (AvgIpc) is 2.89. The van der Waals surface area contributed by atoms with Crippen LogP contribution in [0.5, 0.6) is 0 Å². The number of nitrogens with zero attached hydrogens (tertiary/aromatic N) is 2. The smallest absolute Gasteiger partial charge is 0.244 e. The van der Waals surface area contributed by atoms with Crippen molar-refractivity contribution >= 4 is 38.8 Å². The first-order valence-electron chi connectivity index (χ1n) is 6.49. The fourth-order valence-corrected chi connectivity index (χ4v) is 4.46. The van der Waals surface area contributed by atoms with Gasteiger partial charge in [-0.05, 0) is 32.6 Å². The van der Waals surface area contributed by atoms with Gasteiger partial charge >= 0.3 is 0 Å². The van der Waals surface area contributed by atoms with Gasteiger partial charge in [0.15, 0.2) is 0 Å². The van der Waals surface area contributed by atoms with E-state index in [-0.39, 0.29) is 20.9 Å². The van der Waals surface area contributed by atoms with Gasteiger partial charge in [0.25, 0.3) is 0 Å². The second-order valence-corrected chi connectivity index (χ2v) is 8.03. The van der Waals surface area contributed by atoms with Crippen LogP contribution in [-0.4, -0.2) is 55.8 Å².